The van der Waals surface area contributed by atoms with Crippen LogP contribution < -0.4 is 10.6 Å². The first kappa shape index (κ1) is 15.3. The van der Waals surface area contributed by atoms with Crippen LogP contribution in [0.5, 0.6) is 0 Å². The number of nitrogens with zero attached hydrogens (tertiary/aromatic N) is 2. The van der Waals surface area contributed by atoms with Crippen molar-refractivity contribution in [2.24, 2.45) is 0 Å². The lowest BCUT2D eigenvalue weighted by Gasteiger charge is -2.27. The second-order valence-corrected chi connectivity index (χ2v) is 4.89. The van der Waals surface area contributed by atoms with Crippen LogP contribution in [0, 0.1) is 17.1 Å². The lowest BCUT2D eigenvalue weighted by molar-refractivity contribution is -0.127. The molecule has 0 unspecified atom stereocenters. The number of nitriles is 1. The third-order valence-corrected chi connectivity index (χ3v) is 3.35. The number of carbonyl (C=O) groups excluding carboxylic acids is 1. The minimum atomic E-state index is -0.524. The Kier molecular flexibility index (Phi) is 5.14. The van der Waals surface area contributed by atoms with Crippen molar-refractivity contribution in [1.29, 1.82) is 5.26 Å². The summed E-state index contributed by atoms with van der Waals surface area (Å²) in [5, 5.41) is 15.0. The fraction of sp³-hybridized carbons (Fsp3) is 0.286. The molecule has 2 N–H and O–H groups in total. The number of hydrogen-bond acceptors (Lipinski definition) is 4. The summed E-state index contributed by atoms with van der Waals surface area (Å²) in [7, 11) is 0. The van der Waals surface area contributed by atoms with Gasteiger partial charge in [-0.05, 0) is 18.2 Å². The van der Waals surface area contributed by atoms with Crippen LogP contribution in [0.2, 0.25) is 5.02 Å². The Morgan fingerprint density at radius 2 is 2.19 bits per heavy atom. The standard InChI is InChI=1S/C14H14ClFN4O/c15-12-7-11(1-2-13(12)16)19-9-10(8-17)14(21)20-5-3-18-4-6-20/h1-2,7,9,18-19H,3-6H2/b10-9-. The van der Waals surface area contributed by atoms with E-state index < -0.39 is 5.82 Å². The van der Waals surface area contributed by atoms with Gasteiger partial charge in [-0.25, -0.2) is 4.39 Å². The first-order valence-corrected chi connectivity index (χ1v) is 6.81. The molecule has 0 spiro atoms. The van der Waals surface area contributed by atoms with Crippen LogP contribution in [0.4, 0.5) is 10.1 Å². The van der Waals surface area contributed by atoms with Crippen LogP contribution in [0.3, 0.4) is 0 Å². The predicted octanol–water partition coefficient (Wildman–Crippen LogP) is 1.73. The highest BCUT2D eigenvalue weighted by Gasteiger charge is 2.19. The normalized spacial score (nSPS) is 15.5. The van der Waals surface area contributed by atoms with Crippen molar-refractivity contribution in [2.45, 2.75) is 0 Å². The molecule has 1 amide bonds. The average Bonchev–Trinajstić information content (AvgIpc) is 2.52. The number of carbonyl (C=O) groups is 1. The van der Waals surface area contributed by atoms with E-state index in [-0.39, 0.29) is 16.5 Å². The van der Waals surface area contributed by atoms with E-state index in [2.05, 4.69) is 10.6 Å². The number of halogens is 2. The van der Waals surface area contributed by atoms with Crippen molar-refractivity contribution in [3.63, 3.8) is 0 Å². The number of benzene rings is 1. The molecule has 2 rings (SSSR count). The van der Waals surface area contributed by atoms with Crippen molar-refractivity contribution in [3.05, 3.63) is 40.8 Å². The smallest absolute Gasteiger partial charge is 0.266 e. The van der Waals surface area contributed by atoms with E-state index in [0.29, 0.717) is 31.9 Å². The molecule has 1 saturated heterocycles. The third kappa shape index (κ3) is 3.94. The van der Waals surface area contributed by atoms with E-state index in [4.69, 9.17) is 16.9 Å². The highest BCUT2D eigenvalue weighted by atomic mass is 35.5. The van der Waals surface area contributed by atoms with Gasteiger partial charge in [0.05, 0.1) is 5.02 Å². The zero-order valence-corrected chi connectivity index (χ0v) is 12.0. The Morgan fingerprint density at radius 3 is 2.81 bits per heavy atom. The second-order valence-electron chi connectivity index (χ2n) is 4.49. The van der Waals surface area contributed by atoms with Gasteiger partial charge in [0.1, 0.15) is 17.5 Å². The van der Waals surface area contributed by atoms with Crippen LogP contribution in [-0.2, 0) is 4.79 Å². The molecule has 1 aliphatic rings. The third-order valence-electron chi connectivity index (χ3n) is 3.06. The summed E-state index contributed by atoms with van der Waals surface area (Å²) in [5.41, 5.74) is 0.500. The highest BCUT2D eigenvalue weighted by Crippen LogP contribution is 2.19. The van der Waals surface area contributed by atoms with E-state index in [1.54, 1.807) is 4.90 Å². The minimum Gasteiger partial charge on any atom is -0.360 e. The van der Waals surface area contributed by atoms with E-state index in [1.165, 1.54) is 24.4 Å². The number of amides is 1. The number of piperazine rings is 1. The Hall–Kier alpha value is -2.10. The summed E-state index contributed by atoms with van der Waals surface area (Å²) in [5.74, 6) is -0.844. The molecule has 110 valence electrons. The van der Waals surface area contributed by atoms with Crippen molar-refractivity contribution >= 4 is 23.2 Å². The fourth-order valence-electron chi connectivity index (χ4n) is 1.92. The Labute approximate surface area is 127 Å². The van der Waals surface area contributed by atoms with Gasteiger partial charge in [0, 0.05) is 38.1 Å². The molecule has 0 aromatic heterocycles. The average molecular weight is 309 g/mol. The Morgan fingerprint density at radius 1 is 1.48 bits per heavy atom. The molecule has 0 atom stereocenters. The first-order chi connectivity index (χ1) is 10.1. The van der Waals surface area contributed by atoms with Gasteiger partial charge in [-0.15, -0.1) is 0 Å². The van der Waals surface area contributed by atoms with Gasteiger partial charge >= 0.3 is 0 Å². The maximum atomic E-state index is 13.0. The number of nitrogens with one attached hydrogen (secondary N) is 2. The largest absolute Gasteiger partial charge is 0.360 e. The van der Waals surface area contributed by atoms with Crippen LogP contribution >= 0.6 is 11.6 Å². The van der Waals surface area contributed by atoms with Gasteiger partial charge in [-0.1, -0.05) is 11.6 Å². The van der Waals surface area contributed by atoms with Gasteiger partial charge in [-0.2, -0.15) is 5.26 Å². The van der Waals surface area contributed by atoms with Crippen LogP contribution in [0.25, 0.3) is 0 Å². The second kappa shape index (κ2) is 7.07. The van der Waals surface area contributed by atoms with Crippen LogP contribution in [-0.4, -0.2) is 37.0 Å². The maximum Gasteiger partial charge on any atom is 0.266 e. The molecule has 1 fully saturated rings. The van der Waals surface area contributed by atoms with E-state index in [1.807, 2.05) is 6.07 Å². The lowest BCUT2D eigenvalue weighted by Crippen LogP contribution is -2.46. The van der Waals surface area contributed by atoms with Gasteiger partial charge in [0.25, 0.3) is 5.91 Å². The van der Waals surface area contributed by atoms with E-state index >= 15 is 0 Å². The molecular weight excluding hydrogens is 295 g/mol. The Balaban J connectivity index is 2.07. The molecule has 0 radical (unpaired) electrons. The molecule has 0 aliphatic carbocycles. The monoisotopic (exact) mass is 308 g/mol. The zero-order valence-electron chi connectivity index (χ0n) is 11.2. The van der Waals surface area contributed by atoms with Crippen molar-refractivity contribution in [2.75, 3.05) is 31.5 Å². The molecule has 1 aromatic carbocycles. The topological polar surface area (TPSA) is 68.2 Å². The molecule has 5 nitrogen and oxygen atoms in total. The van der Waals surface area contributed by atoms with Crippen molar-refractivity contribution in [1.82, 2.24) is 10.2 Å². The molecule has 21 heavy (non-hydrogen) atoms. The summed E-state index contributed by atoms with van der Waals surface area (Å²) >= 11 is 5.66. The molecule has 1 aliphatic heterocycles. The minimum absolute atomic E-state index is 0.00246. The van der Waals surface area contributed by atoms with Gasteiger partial charge in [0.15, 0.2) is 0 Å². The summed E-state index contributed by atoms with van der Waals surface area (Å²) in [6.45, 7) is 2.57. The zero-order chi connectivity index (χ0) is 15.2. The van der Waals surface area contributed by atoms with Gasteiger partial charge < -0.3 is 15.5 Å². The number of anilines is 1. The summed E-state index contributed by atoms with van der Waals surface area (Å²) in [6, 6.07) is 5.95. The van der Waals surface area contributed by atoms with Gasteiger partial charge in [0.2, 0.25) is 0 Å². The van der Waals surface area contributed by atoms with Crippen molar-refractivity contribution < 1.29 is 9.18 Å². The summed E-state index contributed by atoms with van der Waals surface area (Å²) < 4.78 is 13.0. The molecule has 0 saturated carbocycles. The van der Waals surface area contributed by atoms with Crippen LogP contribution in [0.1, 0.15) is 0 Å². The molecular formula is C14H14ClFN4O. The molecule has 0 bridgehead atoms. The van der Waals surface area contributed by atoms with Crippen LogP contribution in [0.15, 0.2) is 30.0 Å². The van der Waals surface area contributed by atoms with Crippen molar-refractivity contribution in [3.8, 4) is 6.07 Å². The Bertz CT molecular complexity index is 605. The quantitative estimate of drug-likeness (QED) is 0.659. The van der Waals surface area contributed by atoms with E-state index in [9.17, 15) is 9.18 Å². The summed E-state index contributed by atoms with van der Waals surface area (Å²) in [6.07, 6.45) is 1.31. The van der Waals surface area contributed by atoms with E-state index in [0.717, 1.165) is 0 Å². The molecule has 7 heteroatoms. The molecule has 1 heterocycles. The number of rotatable bonds is 3. The number of hydrogen-bond donors (Lipinski definition) is 2. The first-order valence-electron chi connectivity index (χ1n) is 6.43. The fourth-order valence-corrected chi connectivity index (χ4v) is 2.10. The lowest BCUT2D eigenvalue weighted by atomic mass is 10.2. The van der Waals surface area contributed by atoms with Gasteiger partial charge in [-0.3, -0.25) is 4.79 Å². The maximum absolute atomic E-state index is 13.0. The SMILES string of the molecule is N#C/C(=C/Nc1ccc(F)c(Cl)c1)C(=O)N1CCNCC1. The highest BCUT2D eigenvalue weighted by molar-refractivity contribution is 6.31. The molecule has 1 aromatic rings. The summed E-state index contributed by atoms with van der Waals surface area (Å²) in [4.78, 5) is 13.8. The predicted molar refractivity (Wildman–Crippen MR) is 78.2 cm³/mol.